The fourth-order valence-electron chi connectivity index (χ4n) is 1.93. The summed E-state index contributed by atoms with van der Waals surface area (Å²) in [6.45, 7) is 3.01. The summed E-state index contributed by atoms with van der Waals surface area (Å²) in [6, 6.07) is 5.05. The van der Waals surface area contributed by atoms with Gasteiger partial charge in [-0.05, 0) is 43.7 Å². The number of rotatable bonds is 5. The quantitative estimate of drug-likeness (QED) is 0.777. The van der Waals surface area contributed by atoms with Gasteiger partial charge in [0.15, 0.2) is 0 Å². The summed E-state index contributed by atoms with van der Waals surface area (Å²) in [4.78, 5) is 1.50. The highest BCUT2D eigenvalue weighted by atomic mass is 32.1. The van der Waals surface area contributed by atoms with Gasteiger partial charge >= 0.3 is 0 Å². The van der Waals surface area contributed by atoms with Gasteiger partial charge in [-0.15, -0.1) is 11.3 Å². The van der Waals surface area contributed by atoms with Crippen molar-refractivity contribution in [3.63, 3.8) is 0 Å². The Hall–Kier alpha value is -0.380. The minimum Gasteiger partial charge on any atom is -0.381 e. The Morgan fingerprint density at radius 3 is 3.00 bits per heavy atom. The van der Waals surface area contributed by atoms with Crippen molar-refractivity contribution in [2.45, 2.75) is 31.7 Å². The van der Waals surface area contributed by atoms with Crippen molar-refractivity contribution in [1.29, 1.82) is 0 Å². The lowest BCUT2D eigenvalue weighted by molar-refractivity contribution is 0.0780. The first-order chi connectivity index (χ1) is 7.45. The molecule has 1 N–H and O–H groups in total. The maximum Gasteiger partial charge on any atom is 0.0480 e. The molecule has 15 heavy (non-hydrogen) atoms. The molecule has 1 aliphatic heterocycles. The van der Waals surface area contributed by atoms with Crippen molar-refractivity contribution in [1.82, 2.24) is 5.32 Å². The number of hydrogen-bond acceptors (Lipinski definition) is 3. The first-order valence-electron chi connectivity index (χ1n) is 5.78. The van der Waals surface area contributed by atoms with Crippen LogP contribution in [0.1, 0.15) is 24.1 Å². The molecule has 2 rings (SSSR count). The van der Waals surface area contributed by atoms with E-state index in [0.29, 0.717) is 6.04 Å². The van der Waals surface area contributed by atoms with E-state index in [0.717, 1.165) is 19.8 Å². The summed E-state index contributed by atoms with van der Waals surface area (Å²) in [6.07, 6.45) is 4.82. The molecule has 2 nitrogen and oxygen atoms in total. The minimum atomic E-state index is 0.696. The highest BCUT2D eigenvalue weighted by molar-refractivity contribution is 7.09. The third kappa shape index (κ3) is 3.93. The van der Waals surface area contributed by atoms with E-state index in [9.17, 15) is 0 Å². The van der Waals surface area contributed by atoms with E-state index >= 15 is 0 Å². The first-order valence-corrected chi connectivity index (χ1v) is 6.66. The molecule has 3 heteroatoms. The lowest BCUT2D eigenvalue weighted by atomic mass is 10.1. The van der Waals surface area contributed by atoms with E-state index in [1.54, 1.807) is 0 Å². The van der Waals surface area contributed by atoms with Crippen LogP contribution in [0.15, 0.2) is 17.5 Å². The average molecular weight is 225 g/mol. The highest BCUT2D eigenvalue weighted by Gasteiger charge is 2.11. The van der Waals surface area contributed by atoms with Gasteiger partial charge in [0.2, 0.25) is 0 Å². The summed E-state index contributed by atoms with van der Waals surface area (Å²) in [7, 11) is 0. The monoisotopic (exact) mass is 225 g/mol. The van der Waals surface area contributed by atoms with Crippen molar-refractivity contribution >= 4 is 11.3 Å². The molecule has 1 fully saturated rings. The van der Waals surface area contributed by atoms with Crippen LogP contribution in [0.3, 0.4) is 0 Å². The minimum absolute atomic E-state index is 0.696. The average Bonchev–Trinajstić information content (AvgIpc) is 2.79. The van der Waals surface area contributed by atoms with Crippen LogP contribution in [-0.2, 0) is 11.2 Å². The molecule has 0 bridgehead atoms. The van der Waals surface area contributed by atoms with Gasteiger partial charge in [-0.25, -0.2) is 0 Å². The lowest BCUT2D eigenvalue weighted by Crippen LogP contribution is -2.35. The van der Waals surface area contributed by atoms with Gasteiger partial charge in [0.25, 0.3) is 0 Å². The van der Waals surface area contributed by atoms with E-state index in [2.05, 4.69) is 22.8 Å². The van der Waals surface area contributed by atoms with Crippen LogP contribution < -0.4 is 5.32 Å². The topological polar surface area (TPSA) is 21.3 Å². The maximum absolute atomic E-state index is 5.33. The number of thiophene rings is 1. The lowest BCUT2D eigenvalue weighted by Gasteiger charge is -2.23. The second-order valence-corrected chi connectivity index (χ2v) is 5.06. The third-order valence-corrected chi connectivity index (χ3v) is 3.77. The molecule has 1 saturated heterocycles. The fraction of sp³-hybridized carbons (Fsp3) is 0.667. The van der Waals surface area contributed by atoms with Crippen LogP contribution in [-0.4, -0.2) is 25.8 Å². The van der Waals surface area contributed by atoms with Crippen molar-refractivity contribution in [3.05, 3.63) is 22.4 Å². The Balaban J connectivity index is 1.54. The molecule has 0 spiro atoms. The van der Waals surface area contributed by atoms with Crippen molar-refractivity contribution in [2.24, 2.45) is 0 Å². The predicted molar refractivity (Wildman–Crippen MR) is 64.5 cm³/mol. The Bertz CT molecular complexity index is 255. The van der Waals surface area contributed by atoms with E-state index in [4.69, 9.17) is 4.74 Å². The number of nitrogens with one attached hydrogen (secondary N) is 1. The highest BCUT2D eigenvalue weighted by Crippen LogP contribution is 2.11. The SMILES string of the molecule is c1csc(CCCNC2CCOCC2)c1. The molecule has 0 aromatic carbocycles. The van der Waals surface area contributed by atoms with Gasteiger partial charge in [-0.3, -0.25) is 0 Å². The van der Waals surface area contributed by atoms with Crippen LogP contribution >= 0.6 is 11.3 Å². The van der Waals surface area contributed by atoms with Gasteiger partial charge in [0.05, 0.1) is 0 Å². The van der Waals surface area contributed by atoms with E-state index in [1.807, 2.05) is 11.3 Å². The van der Waals surface area contributed by atoms with Gasteiger partial charge in [-0.1, -0.05) is 6.07 Å². The Morgan fingerprint density at radius 2 is 2.27 bits per heavy atom. The van der Waals surface area contributed by atoms with Crippen LogP contribution in [0.4, 0.5) is 0 Å². The molecular formula is C12H19NOS. The molecule has 84 valence electrons. The zero-order valence-electron chi connectivity index (χ0n) is 9.08. The van der Waals surface area contributed by atoms with Gasteiger partial charge < -0.3 is 10.1 Å². The molecule has 1 aliphatic rings. The zero-order valence-corrected chi connectivity index (χ0v) is 9.89. The number of hydrogen-bond donors (Lipinski definition) is 1. The molecule has 0 amide bonds. The molecule has 0 radical (unpaired) electrons. The first kappa shape index (κ1) is 11.1. The van der Waals surface area contributed by atoms with Crippen LogP contribution in [0, 0.1) is 0 Å². The summed E-state index contributed by atoms with van der Waals surface area (Å²) >= 11 is 1.86. The molecule has 0 aliphatic carbocycles. The second kappa shape index (κ2) is 6.26. The smallest absolute Gasteiger partial charge is 0.0480 e. The molecule has 1 aromatic rings. The third-order valence-electron chi connectivity index (χ3n) is 2.83. The molecule has 2 heterocycles. The van der Waals surface area contributed by atoms with Crippen LogP contribution in [0.5, 0.6) is 0 Å². The van der Waals surface area contributed by atoms with E-state index < -0.39 is 0 Å². The van der Waals surface area contributed by atoms with Gasteiger partial charge in [0, 0.05) is 24.1 Å². The summed E-state index contributed by atoms with van der Waals surface area (Å²) in [5, 5.41) is 5.76. The molecular weight excluding hydrogens is 206 g/mol. The Morgan fingerprint density at radius 1 is 1.40 bits per heavy atom. The molecule has 0 atom stereocenters. The van der Waals surface area contributed by atoms with Gasteiger partial charge in [0.1, 0.15) is 0 Å². The predicted octanol–water partition coefficient (Wildman–Crippen LogP) is 2.45. The largest absolute Gasteiger partial charge is 0.381 e. The molecule has 1 aromatic heterocycles. The maximum atomic E-state index is 5.33. The standard InChI is InChI=1S/C12H19NOS/c1(3-12-4-2-10-15-12)7-13-11-5-8-14-9-6-11/h2,4,10-11,13H,1,3,5-9H2. The van der Waals surface area contributed by atoms with Crippen LogP contribution in [0.2, 0.25) is 0 Å². The number of aryl methyl sites for hydroxylation is 1. The van der Waals surface area contributed by atoms with Crippen molar-refractivity contribution < 1.29 is 4.74 Å². The number of ether oxygens (including phenoxy) is 1. The Labute approximate surface area is 95.6 Å². The van der Waals surface area contributed by atoms with Gasteiger partial charge in [-0.2, -0.15) is 0 Å². The van der Waals surface area contributed by atoms with Crippen molar-refractivity contribution in [3.8, 4) is 0 Å². The summed E-state index contributed by atoms with van der Waals surface area (Å²) in [5.41, 5.74) is 0. The normalized spacial score (nSPS) is 18.1. The summed E-state index contributed by atoms with van der Waals surface area (Å²) < 4.78 is 5.33. The summed E-state index contributed by atoms with van der Waals surface area (Å²) in [5.74, 6) is 0. The van der Waals surface area contributed by atoms with E-state index in [-0.39, 0.29) is 0 Å². The zero-order chi connectivity index (χ0) is 10.3. The second-order valence-electron chi connectivity index (χ2n) is 4.02. The van der Waals surface area contributed by atoms with E-state index in [1.165, 1.54) is 30.6 Å². The van der Waals surface area contributed by atoms with Crippen LogP contribution in [0.25, 0.3) is 0 Å². The fourth-order valence-corrected chi connectivity index (χ4v) is 2.68. The molecule has 0 unspecified atom stereocenters. The molecule has 0 saturated carbocycles. The van der Waals surface area contributed by atoms with Crippen molar-refractivity contribution in [2.75, 3.05) is 19.8 Å². The Kier molecular flexibility index (Phi) is 4.64.